The van der Waals surface area contributed by atoms with Gasteiger partial charge in [-0.05, 0) is 68.6 Å². The van der Waals surface area contributed by atoms with Crippen LogP contribution in [0.4, 0.5) is 15.9 Å². The molecular weight excluding hydrogens is 339 g/mol. The number of fused-ring (bicyclic) bond motifs is 1. The van der Waals surface area contributed by atoms with E-state index >= 15 is 0 Å². The number of aryl methyl sites for hydroxylation is 1. The summed E-state index contributed by atoms with van der Waals surface area (Å²) in [7, 11) is 1.50. The van der Waals surface area contributed by atoms with Gasteiger partial charge in [0.1, 0.15) is 11.6 Å². The van der Waals surface area contributed by atoms with Crippen LogP contribution < -0.4 is 16.4 Å². The molecule has 3 aromatic rings. The Hall–Kier alpha value is -2.66. The van der Waals surface area contributed by atoms with Gasteiger partial charge in [-0.1, -0.05) is 12.1 Å². The summed E-state index contributed by atoms with van der Waals surface area (Å²) in [6.45, 7) is 4.00. The van der Waals surface area contributed by atoms with E-state index in [4.69, 9.17) is 5.73 Å². The molecule has 1 aliphatic heterocycles. The highest BCUT2D eigenvalue weighted by Crippen LogP contribution is 2.37. The Bertz CT molecular complexity index is 913. The summed E-state index contributed by atoms with van der Waals surface area (Å²) < 4.78 is 14.5. The van der Waals surface area contributed by atoms with Gasteiger partial charge in [0, 0.05) is 41.3 Å². The lowest BCUT2D eigenvalue weighted by Crippen LogP contribution is -2.29. The molecule has 0 amide bonds. The largest absolute Gasteiger partial charge is 0.384 e. The Morgan fingerprint density at radius 2 is 1.78 bits per heavy atom. The van der Waals surface area contributed by atoms with E-state index in [1.807, 2.05) is 25.1 Å². The first-order valence-electron chi connectivity index (χ1n) is 9.41. The normalized spacial score (nSPS) is 14.0. The van der Waals surface area contributed by atoms with Crippen molar-refractivity contribution in [3.63, 3.8) is 0 Å². The molecule has 1 aromatic heterocycles. The van der Waals surface area contributed by atoms with E-state index < -0.39 is 0 Å². The predicted octanol–water partition coefficient (Wildman–Crippen LogP) is 4.50. The van der Waals surface area contributed by atoms with Crippen LogP contribution in [0.15, 0.2) is 42.6 Å². The van der Waals surface area contributed by atoms with Crippen LogP contribution in [-0.2, 0) is 0 Å². The van der Waals surface area contributed by atoms with E-state index in [0.717, 1.165) is 40.7 Å². The second kappa shape index (κ2) is 8.35. The number of rotatable bonds is 2. The first-order chi connectivity index (χ1) is 13.1. The van der Waals surface area contributed by atoms with Crippen molar-refractivity contribution in [2.24, 2.45) is 5.73 Å². The van der Waals surface area contributed by atoms with E-state index in [2.05, 4.69) is 21.7 Å². The number of benzene rings is 2. The molecule has 142 valence electrons. The monoisotopic (exact) mass is 366 g/mol. The Morgan fingerprint density at radius 3 is 2.48 bits per heavy atom. The number of nitrogens with zero attached hydrogens (tertiary/aromatic N) is 2. The lowest BCUT2D eigenvalue weighted by molar-refractivity contribution is 0.579. The van der Waals surface area contributed by atoms with Crippen LogP contribution in [-0.4, -0.2) is 25.1 Å². The van der Waals surface area contributed by atoms with Crippen LogP contribution in [0.1, 0.15) is 24.8 Å². The van der Waals surface area contributed by atoms with Crippen LogP contribution in [0.3, 0.4) is 0 Å². The third-order valence-electron chi connectivity index (χ3n) is 5.04. The van der Waals surface area contributed by atoms with Crippen LogP contribution in [0.25, 0.3) is 21.9 Å². The summed E-state index contributed by atoms with van der Waals surface area (Å²) in [5.41, 5.74) is 14.1. The van der Waals surface area contributed by atoms with Crippen molar-refractivity contribution in [1.29, 1.82) is 0 Å². The average Bonchev–Trinajstić information content (AvgIpc) is 2.70. The zero-order chi connectivity index (χ0) is 19.4. The maximum atomic E-state index is 14.5. The van der Waals surface area contributed by atoms with Crippen LogP contribution in [0.5, 0.6) is 0 Å². The molecule has 0 unspecified atom stereocenters. The quantitative estimate of drug-likeness (QED) is 0.701. The second-order valence-corrected chi connectivity index (χ2v) is 6.81. The smallest absolute Gasteiger partial charge is 0.131 e. The summed E-state index contributed by atoms with van der Waals surface area (Å²) in [5, 5.41) is 2.09. The standard InChI is InChI=1S/C21H22FN3.CH5N/c1-14-6-5-7-18(22)21(14)15-10-16-13-24-20(23)12-17(16)19(11-15)25-8-3-2-4-9-25;1-2/h5-7,10-13H,2-4,8-9H2,1H3,(H2,23,24);2H2,1H3. The minimum Gasteiger partial charge on any atom is -0.384 e. The number of hydrogen-bond donors (Lipinski definition) is 2. The Morgan fingerprint density at radius 1 is 1.04 bits per heavy atom. The number of pyridine rings is 1. The number of halogens is 1. The zero-order valence-corrected chi connectivity index (χ0v) is 16.0. The maximum Gasteiger partial charge on any atom is 0.131 e. The molecule has 1 saturated heterocycles. The fraction of sp³-hybridized carbons (Fsp3) is 0.318. The third-order valence-corrected chi connectivity index (χ3v) is 5.04. The summed E-state index contributed by atoms with van der Waals surface area (Å²) >= 11 is 0. The molecule has 1 fully saturated rings. The molecule has 4 rings (SSSR count). The van der Waals surface area contributed by atoms with E-state index in [1.54, 1.807) is 12.3 Å². The average molecular weight is 366 g/mol. The predicted molar refractivity (Wildman–Crippen MR) is 112 cm³/mol. The van der Waals surface area contributed by atoms with Crippen molar-refractivity contribution in [3.8, 4) is 11.1 Å². The van der Waals surface area contributed by atoms with Gasteiger partial charge in [-0.2, -0.15) is 0 Å². The number of hydrogen-bond acceptors (Lipinski definition) is 4. The Kier molecular flexibility index (Phi) is 5.91. The van der Waals surface area contributed by atoms with Gasteiger partial charge >= 0.3 is 0 Å². The molecule has 0 atom stereocenters. The van der Waals surface area contributed by atoms with Gasteiger partial charge in [0.25, 0.3) is 0 Å². The van der Waals surface area contributed by atoms with Crippen LogP contribution >= 0.6 is 0 Å². The minimum atomic E-state index is -0.188. The van der Waals surface area contributed by atoms with Crippen LogP contribution in [0, 0.1) is 12.7 Å². The van der Waals surface area contributed by atoms with Gasteiger partial charge < -0.3 is 16.4 Å². The highest BCUT2D eigenvalue weighted by Gasteiger charge is 2.17. The molecule has 27 heavy (non-hydrogen) atoms. The highest BCUT2D eigenvalue weighted by molar-refractivity contribution is 5.99. The molecule has 2 heterocycles. The highest BCUT2D eigenvalue weighted by atomic mass is 19.1. The van der Waals surface area contributed by atoms with E-state index in [0.29, 0.717) is 11.4 Å². The SMILES string of the molecule is CN.Cc1cccc(F)c1-c1cc(N2CCCCC2)c2cc(N)ncc2c1. The fourth-order valence-electron chi connectivity index (χ4n) is 3.79. The van der Waals surface area contributed by atoms with Crippen molar-refractivity contribution in [2.45, 2.75) is 26.2 Å². The molecule has 4 nitrogen and oxygen atoms in total. The first kappa shape index (κ1) is 19.1. The number of nitrogen functional groups attached to an aromatic ring is 1. The maximum absolute atomic E-state index is 14.5. The van der Waals surface area contributed by atoms with E-state index in [-0.39, 0.29) is 5.82 Å². The fourth-order valence-corrected chi connectivity index (χ4v) is 3.79. The molecule has 0 spiro atoms. The Balaban J connectivity index is 0.00000102. The van der Waals surface area contributed by atoms with E-state index in [1.165, 1.54) is 32.4 Å². The lowest BCUT2D eigenvalue weighted by atomic mass is 9.96. The van der Waals surface area contributed by atoms with Crippen molar-refractivity contribution >= 4 is 22.3 Å². The summed E-state index contributed by atoms with van der Waals surface area (Å²) in [4.78, 5) is 6.63. The third kappa shape index (κ3) is 3.88. The van der Waals surface area contributed by atoms with Gasteiger partial charge in [0.05, 0.1) is 0 Å². The molecule has 0 bridgehead atoms. The summed E-state index contributed by atoms with van der Waals surface area (Å²) in [5.74, 6) is 0.327. The Labute approximate surface area is 160 Å². The van der Waals surface area contributed by atoms with Crippen molar-refractivity contribution < 1.29 is 4.39 Å². The van der Waals surface area contributed by atoms with Gasteiger partial charge in [-0.15, -0.1) is 0 Å². The topological polar surface area (TPSA) is 68.2 Å². The van der Waals surface area contributed by atoms with Gasteiger partial charge in [0.15, 0.2) is 0 Å². The summed E-state index contributed by atoms with van der Waals surface area (Å²) in [6.07, 6.45) is 5.43. The molecule has 0 saturated carbocycles. The zero-order valence-electron chi connectivity index (χ0n) is 16.0. The number of aromatic nitrogens is 1. The molecule has 1 aliphatic rings. The number of nitrogens with two attached hydrogens (primary N) is 2. The van der Waals surface area contributed by atoms with E-state index in [9.17, 15) is 4.39 Å². The second-order valence-electron chi connectivity index (χ2n) is 6.81. The van der Waals surface area contributed by atoms with Gasteiger partial charge in [0.2, 0.25) is 0 Å². The van der Waals surface area contributed by atoms with Gasteiger partial charge in [-0.25, -0.2) is 9.37 Å². The molecule has 0 radical (unpaired) electrons. The minimum absolute atomic E-state index is 0.188. The number of piperidine rings is 1. The molecule has 2 aromatic carbocycles. The number of anilines is 2. The van der Waals surface area contributed by atoms with Crippen LogP contribution in [0.2, 0.25) is 0 Å². The molecule has 4 N–H and O–H groups in total. The summed E-state index contributed by atoms with van der Waals surface area (Å²) in [6, 6.07) is 11.3. The van der Waals surface area contributed by atoms with Gasteiger partial charge in [-0.3, -0.25) is 0 Å². The van der Waals surface area contributed by atoms with Crippen molar-refractivity contribution in [2.75, 3.05) is 30.8 Å². The van der Waals surface area contributed by atoms with Crippen molar-refractivity contribution in [1.82, 2.24) is 4.98 Å². The van der Waals surface area contributed by atoms with Crippen molar-refractivity contribution in [3.05, 3.63) is 54.0 Å². The molecule has 0 aliphatic carbocycles. The molecule has 5 heteroatoms. The molecular formula is C22H27FN4. The first-order valence-corrected chi connectivity index (χ1v) is 9.41. The lowest BCUT2D eigenvalue weighted by Gasteiger charge is -2.30.